The molecule has 1 saturated heterocycles. The van der Waals surface area contributed by atoms with Gasteiger partial charge >= 0.3 is 6.09 Å². The van der Waals surface area contributed by atoms with Crippen LogP contribution in [-0.2, 0) is 33.9 Å². The molecule has 0 saturated carbocycles. The molecular weight excluding hydrogens is 566 g/mol. The van der Waals surface area contributed by atoms with Gasteiger partial charge < -0.3 is 29.2 Å². The molecule has 6 rings (SSSR count). The zero-order valence-electron chi connectivity index (χ0n) is 25.2. The van der Waals surface area contributed by atoms with E-state index in [9.17, 15) is 9.90 Å². The first-order chi connectivity index (χ1) is 22.0. The molecule has 230 valence electrons. The summed E-state index contributed by atoms with van der Waals surface area (Å²) in [6, 6.07) is 32.3. The second kappa shape index (κ2) is 13.9. The Morgan fingerprint density at radius 2 is 1.73 bits per heavy atom. The van der Waals surface area contributed by atoms with Crippen molar-refractivity contribution < 1.29 is 24.1 Å². The van der Waals surface area contributed by atoms with Crippen LogP contribution in [-0.4, -0.2) is 33.5 Å². The highest BCUT2D eigenvalue weighted by Crippen LogP contribution is 2.42. The normalized spacial score (nSPS) is 19.7. The molecule has 0 aliphatic carbocycles. The molecule has 1 aliphatic rings. The number of ether oxygens (including phenoxy) is 3. The number of imidazole rings is 1. The molecule has 1 fully saturated rings. The van der Waals surface area contributed by atoms with Crippen LogP contribution in [0.2, 0.25) is 0 Å². The number of carbonyl (C=O) groups excluding carboxylic acids is 1. The predicted molar refractivity (Wildman–Crippen MR) is 173 cm³/mol. The fourth-order valence-corrected chi connectivity index (χ4v) is 5.73. The lowest BCUT2D eigenvalue weighted by molar-refractivity contribution is -0.276. The van der Waals surface area contributed by atoms with E-state index >= 15 is 0 Å². The van der Waals surface area contributed by atoms with Gasteiger partial charge in [-0.3, -0.25) is 0 Å². The van der Waals surface area contributed by atoms with Crippen LogP contribution in [0.5, 0.6) is 0 Å². The van der Waals surface area contributed by atoms with Gasteiger partial charge in [0, 0.05) is 18.0 Å². The van der Waals surface area contributed by atoms with Crippen LogP contribution in [0.4, 0.5) is 4.79 Å². The molecule has 0 radical (unpaired) electrons. The van der Waals surface area contributed by atoms with Crippen LogP contribution >= 0.6 is 0 Å². The number of fused-ring (bicyclic) bond motifs is 1. The van der Waals surface area contributed by atoms with Crippen molar-refractivity contribution in [1.82, 2.24) is 14.9 Å². The number of carbonyl (C=O) groups is 1. The van der Waals surface area contributed by atoms with E-state index in [-0.39, 0.29) is 31.3 Å². The Hall–Kier alpha value is -4.76. The third-order valence-corrected chi connectivity index (χ3v) is 8.24. The zero-order chi connectivity index (χ0) is 31.2. The number of aliphatic hydroxyl groups is 1. The average molecular weight is 604 g/mol. The van der Waals surface area contributed by atoms with E-state index in [4.69, 9.17) is 14.2 Å². The van der Waals surface area contributed by atoms with Gasteiger partial charge in [0.2, 0.25) is 0 Å². The van der Waals surface area contributed by atoms with Gasteiger partial charge in [-0.2, -0.15) is 0 Å². The monoisotopic (exact) mass is 603 g/mol. The number of rotatable bonds is 10. The summed E-state index contributed by atoms with van der Waals surface area (Å²) in [5.74, 6) is 0.0482. The number of amides is 1. The topological polar surface area (TPSA) is 94.8 Å². The standard InChI is InChI=1S/C37H37N3O5/c1-3-19-43-37(42)38-21-27-7-6-8-31(20-27)28-15-17-30(18-16-28)36-44-34(22-40-24-39-32-9-4-5-10-33(32)40)25(2)35(45-36)29-13-11-26(23-41)12-14-29/h3-18,20,24-25,34-36,41H,1,19,21-23H2,2H3,(H,38,42)/t25-,34+,35+,36+/m0/s1. The smallest absolute Gasteiger partial charge is 0.407 e. The summed E-state index contributed by atoms with van der Waals surface area (Å²) in [6.07, 6.45) is 2.00. The maximum atomic E-state index is 11.8. The first-order valence-corrected chi connectivity index (χ1v) is 15.1. The van der Waals surface area contributed by atoms with Crippen molar-refractivity contribution in [3.8, 4) is 11.1 Å². The van der Waals surface area contributed by atoms with E-state index in [0.29, 0.717) is 13.1 Å². The van der Waals surface area contributed by atoms with E-state index < -0.39 is 12.4 Å². The lowest BCUT2D eigenvalue weighted by Crippen LogP contribution is -2.39. The summed E-state index contributed by atoms with van der Waals surface area (Å²) < 4.78 is 20.5. The Balaban J connectivity index is 1.23. The molecule has 45 heavy (non-hydrogen) atoms. The van der Waals surface area contributed by atoms with Crippen LogP contribution in [0.3, 0.4) is 0 Å². The molecule has 2 N–H and O–H groups in total. The second-order valence-electron chi connectivity index (χ2n) is 11.3. The minimum atomic E-state index is -0.574. The average Bonchev–Trinajstić information content (AvgIpc) is 3.50. The van der Waals surface area contributed by atoms with Crippen molar-refractivity contribution in [2.45, 2.75) is 45.1 Å². The lowest BCUT2D eigenvalue weighted by Gasteiger charge is -2.41. The number of aliphatic hydroxyl groups excluding tert-OH is 1. The SMILES string of the molecule is C=CCOC(=O)NCc1cccc(-c2ccc([C@@H]3O[C@H](Cn4cnc5ccccc54)[C@H](C)[C@H](c4ccc(CO)cc4)O3)cc2)c1. The molecule has 1 amide bonds. The quantitative estimate of drug-likeness (QED) is 0.165. The minimum absolute atomic E-state index is 0.00252. The molecule has 8 heteroatoms. The van der Waals surface area contributed by atoms with Gasteiger partial charge in [0.1, 0.15) is 6.61 Å². The Kier molecular flexibility index (Phi) is 9.35. The van der Waals surface area contributed by atoms with Crippen LogP contribution in [0.1, 0.15) is 41.6 Å². The minimum Gasteiger partial charge on any atom is -0.445 e. The number of para-hydroxylation sites is 2. The fourth-order valence-electron chi connectivity index (χ4n) is 5.73. The van der Waals surface area contributed by atoms with Gasteiger partial charge in [-0.1, -0.05) is 98.4 Å². The van der Waals surface area contributed by atoms with Crippen LogP contribution in [0.25, 0.3) is 22.2 Å². The van der Waals surface area contributed by atoms with Gasteiger partial charge in [-0.05, 0) is 46.0 Å². The number of hydrogen-bond donors (Lipinski definition) is 2. The summed E-state index contributed by atoms with van der Waals surface area (Å²) in [5, 5.41) is 12.3. The van der Waals surface area contributed by atoms with Crippen molar-refractivity contribution in [2.75, 3.05) is 6.61 Å². The maximum Gasteiger partial charge on any atom is 0.407 e. The van der Waals surface area contributed by atoms with E-state index in [1.54, 1.807) is 0 Å². The first-order valence-electron chi connectivity index (χ1n) is 15.1. The number of aromatic nitrogens is 2. The van der Waals surface area contributed by atoms with Crippen LogP contribution in [0, 0.1) is 5.92 Å². The summed E-state index contributed by atoms with van der Waals surface area (Å²) in [6.45, 7) is 6.88. The molecule has 4 aromatic carbocycles. The Morgan fingerprint density at radius 1 is 0.956 bits per heavy atom. The van der Waals surface area contributed by atoms with Crippen molar-refractivity contribution >= 4 is 17.1 Å². The summed E-state index contributed by atoms with van der Waals surface area (Å²) in [5.41, 5.74) is 7.88. The number of hydrogen-bond acceptors (Lipinski definition) is 6. The molecule has 1 aromatic heterocycles. The Labute approximate surface area is 262 Å². The molecule has 4 atom stereocenters. The van der Waals surface area contributed by atoms with Crippen molar-refractivity contribution in [3.63, 3.8) is 0 Å². The van der Waals surface area contributed by atoms with Gasteiger partial charge in [0.05, 0.1) is 42.7 Å². The number of nitrogens with one attached hydrogen (secondary N) is 1. The van der Waals surface area contributed by atoms with E-state index in [1.165, 1.54) is 6.08 Å². The van der Waals surface area contributed by atoms with Crippen LogP contribution < -0.4 is 5.32 Å². The van der Waals surface area contributed by atoms with Gasteiger partial charge in [0.15, 0.2) is 6.29 Å². The fraction of sp³-hybridized carbons (Fsp3) is 0.243. The number of nitrogens with zero attached hydrogens (tertiary/aromatic N) is 2. The highest BCUT2D eigenvalue weighted by atomic mass is 16.7. The summed E-state index contributed by atoms with van der Waals surface area (Å²) in [7, 11) is 0. The lowest BCUT2D eigenvalue weighted by atomic mass is 9.90. The highest BCUT2D eigenvalue weighted by molar-refractivity contribution is 5.75. The summed E-state index contributed by atoms with van der Waals surface area (Å²) in [4.78, 5) is 16.4. The first kappa shape index (κ1) is 30.3. The van der Waals surface area contributed by atoms with E-state index in [2.05, 4.69) is 52.6 Å². The molecule has 8 nitrogen and oxygen atoms in total. The van der Waals surface area contributed by atoms with Gasteiger partial charge in [0.25, 0.3) is 0 Å². The molecule has 5 aromatic rings. The van der Waals surface area contributed by atoms with E-state index in [1.807, 2.05) is 79.1 Å². The van der Waals surface area contributed by atoms with Crippen molar-refractivity contribution in [1.29, 1.82) is 0 Å². The molecule has 0 spiro atoms. The molecular formula is C37H37N3O5. The third-order valence-electron chi connectivity index (χ3n) is 8.24. The van der Waals surface area contributed by atoms with E-state index in [0.717, 1.165) is 44.4 Å². The predicted octanol–water partition coefficient (Wildman–Crippen LogP) is 7.10. The summed E-state index contributed by atoms with van der Waals surface area (Å²) >= 11 is 0. The largest absolute Gasteiger partial charge is 0.445 e. The van der Waals surface area contributed by atoms with Crippen molar-refractivity contribution in [3.05, 3.63) is 138 Å². The van der Waals surface area contributed by atoms with Gasteiger partial charge in [-0.25, -0.2) is 9.78 Å². The number of benzene rings is 4. The van der Waals surface area contributed by atoms with Crippen molar-refractivity contribution in [2.24, 2.45) is 5.92 Å². The molecule has 2 heterocycles. The van der Waals surface area contributed by atoms with Crippen LogP contribution in [0.15, 0.2) is 116 Å². The zero-order valence-corrected chi connectivity index (χ0v) is 25.2. The molecule has 0 bridgehead atoms. The van der Waals surface area contributed by atoms with Gasteiger partial charge in [-0.15, -0.1) is 0 Å². The number of alkyl carbamates (subject to hydrolysis) is 1. The highest BCUT2D eigenvalue weighted by Gasteiger charge is 2.38. The second-order valence-corrected chi connectivity index (χ2v) is 11.3. The molecule has 1 aliphatic heterocycles. The molecule has 0 unspecified atom stereocenters. The Bertz CT molecular complexity index is 1750. The Morgan fingerprint density at radius 3 is 2.51 bits per heavy atom. The third kappa shape index (κ3) is 6.99. The maximum absolute atomic E-state index is 11.8.